The number of aryl methyl sites for hydroxylation is 1. The summed E-state index contributed by atoms with van der Waals surface area (Å²) in [4.78, 5) is 11.8. The first-order valence-corrected chi connectivity index (χ1v) is 6.17. The van der Waals surface area contributed by atoms with E-state index in [0.717, 1.165) is 18.4 Å². The number of hydrogen-bond acceptors (Lipinski definition) is 1. The minimum atomic E-state index is -0.122. The Morgan fingerprint density at radius 3 is 2.81 bits per heavy atom. The topological polar surface area (TPSA) is 29.1 Å². The first-order chi connectivity index (χ1) is 7.66. The van der Waals surface area contributed by atoms with Crippen LogP contribution in [0.2, 0.25) is 5.02 Å². The zero-order chi connectivity index (χ0) is 12.0. The van der Waals surface area contributed by atoms with Gasteiger partial charge in [0, 0.05) is 12.4 Å². The lowest BCUT2D eigenvalue weighted by molar-refractivity contribution is 0.0953. The largest absolute Gasteiger partial charge is 0.352 e. The van der Waals surface area contributed by atoms with Gasteiger partial charge in [-0.15, -0.1) is 11.6 Å². The molecule has 0 saturated heterocycles. The fraction of sp³-hybridized carbons (Fsp3) is 0.417. The number of unbranched alkanes of at least 4 members (excludes halogenated alkanes) is 1. The lowest BCUT2D eigenvalue weighted by atomic mass is 10.1. The molecule has 1 aromatic carbocycles. The molecule has 1 rings (SSSR count). The molecule has 0 unspecified atom stereocenters. The van der Waals surface area contributed by atoms with Crippen molar-refractivity contribution in [3.63, 3.8) is 0 Å². The van der Waals surface area contributed by atoms with Crippen molar-refractivity contribution in [2.75, 3.05) is 12.4 Å². The fourth-order valence-corrected chi connectivity index (χ4v) is 1.74. The Balaban J connectivity index is 2.56. The number of carbonyl (C=O) groups is 1. The van der Waals surface area contributed by atoms with Gasteiger partial charge in [0.1, 0.15) is 0 Å². The van der Waals surface area contributed by atoms with E-state index in [1.54, 1.807) is 6.07 Å². The SMILES string of the molecule is Cc1cccc(C(=O)NCCCCCl)c1Cl. The molecular weight excluding hydrogens is 245 g/mol. The van der Waals surface area contributed by atoms with E-state index in [1.807, 2.05) is 19.1 Å². The second-order valence-electron chi connectivity index (χ2n) is 3.59. The molecule has 0 aromatic heterocycles. The Bertz CT molecular complexity index is 366. The summed E-state index contributed by atoms with van der Waals surface area (Å²) in [6.07, 6.45) is 1.79. The smallest absolute Gasteiger partial charge is 0.252 e. The molecule has 0 saturated carbocycles. The minimum absolute atomic E-state index is 0.122. The molecule has 0 spiro atoms. The molecule has 0 fully saturated rings. The molecule has 0 aliphatic heterocycles. The average Bonchev–Trinajstić information content (AvgIpc) is 2.28. The maximum atomic E-state index is 11.8. The summed E-state index contributed by atoms with van der Waals surface area (Å²) in [7, 11) is 0. The van der Waals surface area contributed by atoms with Crippen LogP contribution in [0.15, 0.2) is 18.2 Å². The van der Waals surface area contributed by atoms with Gasteiger partial charge in [0.2, 0.25) is 0 Å². The molecule has 0 heterocycles. The second-order valence-corrected chi connectivity index (χ2v) is 4.34. The Morgan fingerprint density at radius 2 is 2.12 bits per heavy atom. The molecule has 1 amide bonds. The Labute approximate surface area is 106 Å². The molecule has 0 aliphatic rings. The molecule has 88 valence electrons. The molecule has 1 aromatic rings. The van der Waals surface area contributed by atoms with Gasteiger partial charge >= 0.3 is 0 Å². The fourth-order valence-electron chi connectivity index (χ4n) is 1.34. The van der Waals surface area contributed by atoms with Crippen molar-refractivity contribution >= 4 is 29.1 Å². The van der Waals surface area contributed by atoms with Crippen LogP contribution >= 0.6 is 23.2 Å². The third kappa shape index (κ3) is 3.69. The van der Waals surface area contributed by atoms with E-state index >= 15 is 0 Å². The summed E-state index contributed by atoms with van der Waals surface area (Å²) < 4.78 is 0. The number of rotatable bonds is 5. The van der Waals surface area contributed by atoms with E-state index in [0.29, 0.717) is 23.0 Å². The van der Waals surface area contributed by atoms with E-state index in [2.05, 4.69) is 5.32 Å². The maximum Gasteiger partial charge on any atom is 0.252 e. The van der Waals surface area contributed by atoms with Crippen molar-refractivity contribution in [2.24, 2.45) is 0 Å². The highest BCUT2D eigenvalue weighted by Crippen LogP contribution is 2.19. The van der Waals surface area contributed by atoms with E-state index < -0.39 is 0 Å². The normalized spacial score (nSPS) is 10.2. The lowest BCUT2D eigenvalue weighted by Gasteiger charge is -2.07. The summed E-state index contributed by atoms with van der Waals surface area (Å²) in [6.45, 7) is 2.52. The first-order valence-electron chi connectivity index (χ1n) is 5.26. The van der Waals surface area contributed by atoms with Gasteiger partial charge in [0.15, 0.2) is 0 Å². The molecule has 0 radical (unpaired) electrons. The lowest BCUT2D eigenvalue weighted by Crippen LogP contribution is -2.24. The molecule has 2 nitrogen and oxygen atoms in total. The second kappa shape index (κ2) is 6.77. The van der Waals surface area contributed by atoms with Crippen LogP contribution in [0.3, 0.4) is 0 Å². The third-order valence-electron chi connectivity index (χ3n) is 2.28. The van der Waals surface area contributed by atoms with Crippen molar-refractivity contribution in [1.29, 1.82) is 0 Å². The quantitative estimate of drug-likeness (QED) is 0.638. The number of alkyl halides is 1. The summed E-state index contributed by atoms with van der Waals surface area (Å²) >= 11 is 11.6. The zero-order valence-corrected chi connectivity index (χ0v) is 10.7. The summed E-state index contributed by atoms with van der Waals surface area (Å²) in [5.41, 5.74) is 1.45. The van der Waals surface area contributed by atoms with Crippen LogP contribution in [-0.2, 0) is 0 Å². The van der Waals surface area contributed by atoms with E-state index in [4.69, 9.17) is 23.2 Å². The number of benzene rings is 1. The van der Waals surface area contributed by atoms with Crippen LogP contribution < -0.4 is 5.32 Å². The van der Waals surface area contributed by atoms with E-state index in [-0.39, 0.29) is 5.91 Å². The minimum Gasteiger partial charge on any atom is -0.352 e. The predicted octanol–water partition coefficient (Wildman–Crippen LogP) is 3.40. The van der Waals surface area contributed by atoms with Crippen LogP contribution in [0.25, 0.3) is 0 Å². The molecular formula is C12H15Cl2NO. The number of nitrogens with one attached hydrogen (secondary N) is 1. The monoisotopic (exact) mass is 259 g/mol. The van der Waals surface area contributed by atoms with Crippen LogP contribution in [0.5, 0.6) is 0 Å². The summed E-state index contributed by atoms with van der Waals surface area (Å²) in [5, 5.41) is 3.35. The number of hydrogen-bond donors (Lipinski definition) is 1. The first kappa shape index (κ1) is 13.3. The van der Waals surface area contributed by atoms with Crippen LogP contribution in [0, 0.1) is 6.92 Å². The molecule has 0 bridgehead atoms. The Hall–Kier alpha value is -0.730. The Kier molecular flexibility index (Phi) is 5.64. The number of amides is 1. The zero-order valence-electron chi connectivity index (χ0n) is 9.22. The number of halogens is 2. The molecule has 0 atom stereocenters. The Morgan fingerprint density at radius 1 is 1.38 bits per heavy atom. The summed E-state index contributed by atoms with van der Waals surface area (Å²) in [6, 6.07) is 5.44. The van der Waals surface area contributed by atoms with Crippen molar-refractivity contribution in [1.82, 2.24) is 5.32 Å². The molecule has 1 N–H and O–H groups in total. The van der Waals surface area contributed by atoms with E-state index in [1.165, 1.54) is 0 Å². The van der Waals surface area contributed by atoms with Gasteiger partial charge in [0.05, 0.1) is 10.6 Å². The highest BCUT2D eigenvalue weighted by atomic mass is 35.5. The van der Waals surface area contributed by atoms with Gasteiger partial charge in [0.25, 0.3) is 5.91 Å². The van der Waals surface area contributed by atoms with Gasteiger partial charge in [-0.2, -0.15) is 0 Å². The molecule has 0 aliphatic carbocycles. The van der Waals surface area contributed by atoms with Crippen molar-refractivity contribution in [3.05, 3.63) is 34.3 Å². The van der Waals surface area contributed by atoms with Crippen LogP contribution in [0.1, 0.15) is 28.8 Å². The molecule has 16 heavy (non-hydrogen) atoms. The van der Waals surface area contributed by atoms with Crippen LogP contribution in [-0.4, -0.2) is 18.3 Å². The number of carbonyl (C=O) groups excluding carboxylic acids is 1. The van der Waals surface area contributed by atoms with Gasteiger partial charge in [-0.25, -0.2) is 0 Å². The van der Waals surface area contributed by atoms with Crippen molar-refractivity contribution in [3.8, 4) is 0 Å². The van der Waals surface area contributed by atoms with Crippen LogP contribution in [0.4, 0.5) is 0 Å². The van der Waals surface area contributed by atoms with Gasteiger partial charge in [-0.05, 0) is 31.4 Å². The molecule has 4 heteroatoms. The van der Waals surface area contributed by atoms with Gasteiger partial charge in [-0.3, -0.25) is 4.79 Å². The van der Waals surface area contributed by atoms with Crippen molar-refractivity contribution < 1.29 is 4.79 Å². The summed E-state index contributed by atoms with van der Waals surface area (Å²) in [5.74, 6) is 0.504. The highest BCUT2D eigenvalue weighted by molar-refractivity contribution is 6.34. The van der Waals surface area contributed by atoms with Gasteiger partial charge in [-0.1, -0.05) is 23.7 Å². The standard InChI is InChI=1S/C12H15Cl2NO/c1-9-5-4-6-10(11(9)14)12(16)15-8-3-2-7-13/h4-6H,2-3,7-8H2,1H3,(H,15,16). The predicted molar refractivity (Wildman–Crippen MR) is 68.5 cm³/mol. The average molecular weight is 260 g/mol. The van der Waals surface area contributed by atoms with E-state index in [9.17, 15) is 4.79 Å². The highest BCUT2D eigenvalue weighted by Gasteiger charge is 2.10. The van der Waals surface area contributed by atoms with Crippen molar-refractivity contribution in [2.45, 2.75) is 19.8 Å². The maximum absolute atomic E-state index is 11.8. The van der Waals surface area contributed by atoms with Gasteiger partial charge < -0.3 is 5.32 Å². The third-order valence-corrected chi connectivity index (χ3v) is 3.05.